The second-order valence-electron chi connectivity index (χ2n) is 6.77. The molecule has 1 fully saturated rings. The lowest BCUT2D eigenvalue weighted by Crippen LogP contribution is -2.44. The second-order valence-corrected chi connectivity index (χ2v) is 6.77. The zero-order chi connectivity index (χ0) is 14.4. The molecular weight excluding hydrogens is 234 g/mol. The molecule has 19 heavy (non-hydrogen) atoms. The molecule has 0 bridgehead atoms. The summed E-state index contributed by atoms with van der Waals surface area (Å²) in [5, 5.41) is 12.9. The molecule has 0 aromatic heterocycles. The number of rotatable bonds is 8. The summed E-state index contributed by atoms with van der Waals surface area (Å²) in [5.41, 5.74) is 0.183. The van der Waals surface area contributed by atoms with Crippen LogP contribution >= 0.6 is 0 Å². The summed E-state index contributed by atoms with van der Waals surface area (Å²) < 4.78 is 0. The summed E-state index contributed by atoms with van der Waals surface area (Å²) in [4.78, 5) is 2.55. The number of likely N-dealkylation sites (tertiary alicyclic amines) is 1. The van der Waals surface area contributed by atoms with Crippen molar-refractivity contribution in [3.8, 4) is 6.07 Å². The normalized spacial score (nSPS) is 22.1. The highest BCUT2D eigenvalue weighted by molar-refractivity contribution is 5.06. The smallest absolute Gasteiger partial charge is 0.106 e. The fourth-order valence-corrected chi connectivity index (χ4v) is 2.95. The predicted octanol–water partition coefficient (Wildman–Crippen LogP) is 3.17. The first-order chi connectivity index (χ1) is 8.97. The quantitative estimate of drug-likeness (QED) is 0.732. The van der Waals surface area contributed by atoms with Crippen LogP contribution in [0.1, 0.15) is 59.8 Å². The SMILES string of the molecule is CCCNC(C#N)(CC)CCCN1CCC(C)(C)C1. The van der Waals surface area contributed by atoms with Gasteiger partial charge in [0.25, 0.3) is 0 Å². The average Bonchev–Trinajstić information content (AvgIpc) is 2.73. The third kappa shape index (κ3) is 5.12. The van der Waals surface area contributed by atoms with Gasteiger partial charge in [-0.05, 0) is 57.2 Å². The molecule has 110 valence electrons. The Morgan fingerprint density at radius 3 is 2.58 bits per heavy atom. The first kappa shape index (κ1) is 16.5. The molecule has 3 heteroatoms. The van der Waals surface area contributed by atoms with E-state index < -0.39 is 0 Å². The Balaban J connectivity index is 2.35. The summed E-state index contributed by atoms with van der Waals surface area (Å²) in [6.45, 7) is 13.5. The van der Waals surface area contributed by atoms with Crippen LogP contribution in [-0.2, 0) is 0 Å². The van der Waals surface area contributed by atoms with Crippen molar-refractivity contribution >= 4 is 0 Å². The van der Waals surface area contributed by atoms with E-state index in [0.717, 1.165) is 38.8 Å². The molecule has 0 aromatic rings. The fourth-order valence-electron chi connectivity index (χ4n) is 2.95. The lowest BCUT2D eigenvalue weighted by atomic mass is 9.91. The summed E-state index contributed by atoms with van der Waals surface area (Å²) in [6.07, 6.45) is 5.38. The van der Waals surface area contributed by atoms with E-state index in [9.17, 15) is 5.26 Å². The van der Waals surface area contributed by atoms with Crippen LogP contribution in [0.3, 0.4) is 0 Å². The highest BCUT2D eigenvalue weighted by Gasteiger charge is 2.30. The van der Waals surface area contributed by atoms with Crippen LogP contribution in [0.25, 0.3) is 0 Å². The highest BCUT2D eigenvalue weighted by atomic mass is 15.1. The molecular formula is C16H31N3. The average molecular weight is 265 g/mol. The summed E-state index contributed by atoms with van der Waals surface area (Å²) in [7, 11) is 0. The molecule has 1 rings (SSSR count). The summed E-state index contributed by atoms with van der Waals surface area (Å²) >= 11 is 0. The van der Waals surface area contributed by atoms with Gasteiger partial charge in [0.15, 0.2) is 0 Å². The minimum absolute atomic E-state index is 0.300. The largest absolute Gasteiger partial charge is 0.303 e. The molecule has 1 unspecified atom stereocenters. The van der Waals surface area contributed by atoms with Crippen molar-refractivity contribution in [3.63, 3.8) is 0 Å². The van der Waals surface area contributed by atoms with Gasteiger partial charge in [0.2, 0.25) is 0 Å². The Morgan fingerprint density at radius 2 is 2.11 bits per heavy atom. The maximum atomic E-state index is 9.45. The molecule has 0 aliphatic carbocycles. The Kier molecular flexibility index (Phi) is 6.29. The van der Waals surface area contributed by atoms with Crippen molar-refractivity contribution < 1.29 is 0 Å². The van der Waals surface area contributed by atoms with Crippen molar-refractivity contribution in [1.82, 2.24) is 10.2 Å². The van der Waals surface area contributed by atoms with Gasteiger partial charge in [-0.2, -0.15) is 5.26 Å². The van der Waals surface area contributed by atoms with E-state index in [1.165, 1.54) is 19.5 Å². The number of hydrogen-bond acceptors (Lipinski definition) is 3. The van der Waals surface area contributed by atoms with Crippen LogP contribution in [0.4, 0.5) is 0 Å². The molecule has 1 aliphatic heterocycles. The first-order valence-electron chi connectivity index (χ1n) is 7.85. The van der Waals surface area contributed by atoms with Crippen molar-refractivity contribution in [1.29, 1.82) is 5.26 Å². The van der Waals surface area contributed by atoms with Gasteiger partial charge >= 0.3 is 0 Å². The highest BCUT2D eigenvalue weighted by Crippen LogP contribution is 2.29. The number of hydrogen-bond donors (Lipinski definition) is 1. The lowest BCUT2D eigenvalue weighted by Gasteiger charge is -2.28. The molecule has 0 radical (unpaired) electrons. The van der Waals surface area contributed by atoms with E-state index in [4.69, 9.17) is 0 Å². The van der Waals surface area contributed by atoms with Gasteiger partial charge in [-0.25, -0.2) is 0 Å². The molecule has 1 atom stereocenters. The molecule has 0 amide bonds. The van der Waals surface area contributed by atoms with Gasteiger partial charge in [-0.1, -0.05) is 27.7 Å². The third-order valence-corrected chi connectivity index (χ3v) is 4.37. The number of nitriles is 1. The molecule has 3 nitrogen and oxygen atoms in total. The topological polar surface area (TPSA) is 39.1 Å². The van der Waals surface area contributed by atoms with E-state index in [2.05, 4.69) is 44.0 Å². The van der Waals surface area contributed by atoms with E-state index >= 15 is 0 Å². The fraction of sp³-hybridized carbons (Fsp3) is 0.938. The minimum Gasteiger partial charge on any atom is -0.303 e. The van der Waals surface area contributed by atoms with Gasteiger partial charge in [0.05, 0.1) is 6.07 Å². The second kappa shape index (κ2) is 7.26. The summed E-state index contributed by atoms with van der Waals surface area (Å²) in [6, 6.07) is 2.51. The van der Waals surface area contributed by atoms with Crippen molar-refractivity contribution in [2.75, 3.05) is 26.2 Å². The predicted molar refractivity (Wildman–Crippen MR) is 81.0 cm³/mol. The van der Waals surface area contributed by atoms with Gasteiger partial charge in [0, 0.05) is 6.54 Å². The van der Waals surface area contributed by atoms with E-state index in [1.54, 1.807) is 0 Å². The number of nitrogens with zero attached hydrogens (tertiary/aromatic N) is 2. The van der Waals surface area contributed by atoms with E-state index in [-0.39, 0.29) is 5.54 Å². The van der Waals surface area contributed by atoms with Gasteiger partial charge in [-0.3, -0.25) is 5.32 Å². The van der Waals surface area contributed by atoms with Gasteiger partial charge < -0.3 is 4.90 Å². The third-order valence-electron chi connectivity index (χ3n) is 4.37. The molecule has 1 saturated heterocycles. The van der Waals surface area contributed by atoms with Gasteiger partial charge in [-0.15, -0.1) is 0 Å². The standard InChI is InChI=1S/C16H31N3/c1-5-10-18-16(6-2,13-17)8-7-11-19-12-9-15(3,4)14-19/h18H,5-12,14H2,1-4H3. The Bertz CT molecular complexity index is 306. The summed E-state index contributed by atoms with van der Waals surface area (Å²) in [5.74, 6) is 0. The van der Waals surface area contributed by atoms with Crippen LogP contribution in [0.15, 0.2) is 0 Å². The Morgan fingerprint density at radius 1 is 1.37 bits per heavy atom. The Labute approximate surface area is 119 Å². The van der Waals surface area contributed by atoms with Crippen LogP contribution in [0.5, 0.6) is 0 Å². The van der Waals surface area contributed by atoms with Crippen molar-refractivity contribution in [2.45, 2.75) is 65.3 Å². The molecule has 1 aliphatic rings. The van der Waals surface area contributed by atoms with Crippen molar-refractivity contribution in [2.24, 2.45) is 5.41 Å². The maximum absolute atomic E-state index is 9.45. The van der Waals surface area contributed by atoms with E-state index in [0.29, 0.717) is 5.41 Å². The van der Waals surface area contributed by atoms with Crippen LogP contribution in [-0.4, -0.2) is 36.6 Å². The van der Waals surface area contributed by atoms with E-state index in [1.807, 2.05) is 0 Å². The molecule has 0 spiro atoms. The number of nitrogens with one attached hydrogen (secondary N) is 1. The van der Waals surface area contributed by atoms with Crippen LogP contribution in [0, 0.1) is 16.7 Å². The van der Waals surface area contributed by atoms with Crippen molar-refractivity contribution in [3.05, 3.63) is 0 Å². The maximum Gasteiger partial charge on any atom is 0.106 e. The van der Waals surface area contributed by atoms with Crippen LogP contribution in [0.2, 0.25) is 0 Å². The molecule has 1 N–H and O–H groups in total. The van der Waals surface area contributed by atoms with Gasteiger partial charge in [0.1, 0.15) is 5.54 Å². The van der Waals surface area contributed by atoms with Crippen LogP contribution < -0.4 is 5.32 Å². The zero-order valence-electron chi connectivity index (χ0n) is 13.3. The molecule has 0 saturated carbocycles. The monoisotopic (exact) mass is 265 g/mol. The first-order valence-corrected chi connectivity index (χ1v) is 7.85. The molecule has 0 aromatic carbocycles. The Hall–Kier alpha value is -0.590. The minimum atomic E-state index is -0.300. The lowest BCUT2D eigenvalue weighted by molar-refractivity contribution is 0.268. The zero-order valence-corrected chi connectivity index (χ0v) is 13.3. The molecule has 1 heterocycles.